The molecule has 1 amide bonds. The molecule has 90 valence electrons. The SMILES string of the molecule is C#CCC(CC)NC(=O)c1cc(Cl)nc(Cl)c1. The van der Waals surface area contributed by atoms with Crippen molar-refractivity contribution in [2.45, 2.75) is 25.8 Å². The summed E-state index contributed by atoms with van der Waals surface area (Å²) < 4.78 is 0. The molecular weight excluding hydrogens is 259 g/mol. The minimum absolute atomic E-state index is 0.0433. The van der Waals surface area contributed by atoms with Gasteiger partial charge in [-0.15, -0.1) is 12.3 Å². The molecule has 0 aliphatic rings. The number of carbonyl (C=O) groups is 1. The van der Waals surface area contributed by atoms with Crippen LogP contribution in [0.25, 0.3) is 0 Å². The zero-order valence-electron chi connectivity index (χ0n) is 9.34. The van der Waals surface area contributed by atoms with Crippen molar-refractivity contribution >= 4 is 29.1 Å². The summed E-state index contributed by atoms with van der Waals surface area (Å²) in [6, 6.07) is 2.88. The van der Waals surface area contributed by atoms with E-state index in [1.807, 2.05) is 6.92 Å². The van der Waals surface area contributed by atoms with Gasteiger partial charge in [0, 0.05) is 18.0 Å². The molecule has 17 heavy (non-hydrogen) atoms. The number of nitrogens with one attached hydrogen (secondary N) is 1. The predicted molar refractivity (Wildman–Crippen MR) is 69.3 cm³/mol. The highest BCUT2D eigenvalue weighted by atomic mass is 35.5. The van der Waals surface area contributed by atoms with Crippen LogP contribution in [-0.4, -0.2) is 16.9 Å². The number of nitrogens with zero attached hydrogens (tertiary/aromatic N) is 1. The van der Waals surface area contributed by atoms with Crippen LogP contribution in [0.1, 0.15) is 30.1 Å². The molecule has 0 aliphatic heterocycles. The first-order chi connectivity index (χ1) is 8.06. The van der Waals surface area contributed by atoms with E-state index in [4.69, 9.17) is 29.6 Å². The number of hydrogen-bond acceptors (Lipinski definition) is 2. The van der Waals surface area contributed by atoms with Gasteiger partial charge in [-0.3, -0.25) is 4.79 Å². The van der Waals surface area contributed by atoms with Crippen molar-refractivity contribution in [3.8, 4) is 12.3 Å². The molecule has 1 aromatic heterocycles. The number of carbonyl (C=O) groups excluding carboxylic acids is 1. The largest absolute Gasteiger partial charge is 0.348 e. The van der Waals surface area contributed by atoms with Gasteiger partial charge in [0.15, 0.2) is 0 Å². The van der Waals surface area contributed by atoms with Crippen molar-refractivity contribution in [2.24, 2.45) is 0 Å². The lowest BCUT2D eigenvalue weighted by Gasteiger charge is -2.14. The van der Waals surface area contributed by atoms with Gasteiger partial charge in [0.25, 0.3) is 5.91 Å². The van der Waals surface area contributed by atoms with E-state index < -0.39 is 0 Å². The summed E-state index contributed by atoms with van der Waals surface area (Å²) in [5.41, 5.74) is 0.380. The average Bonchev–Trinajstić information content (AvgIpc) is 2.27. The monoisotopic (exact) mass is 270 g/mol. The van der Waals surface area contributed by atoms with Crippen molar-refractivity contribution in [3.05, 3.63) is 28.0 Å². The summed E-state index contributed by atoms with van der Waals surface area (Å²) in [5, 5.41) is 3.19. The third-order valence-electron chi connectivity index (χ3n) is 2.22. The van der Waals surface area contributed by atoms with E-state index in [2.05, 4.69) is 16.2 Å². The van der Waals surface area contributed by atoms with Gasteiger partial charge >= 0.3 is 0 Å². The number of hydrogen-bond donors (Lipinski definition) is 1. The van der Waals surface area contributed by atoms with Crippen molar-refractivity contribution in [1.29, 1.82) is 0 Å². The quantitative estimate of drug-likeness (QED) is 0.675. The maximum atomic E-state index is 11.9. The number of pyridine rings is 1. The lowest BCUT2D eigenvalue weighted by Crippen LogP contribution is -2.34. The lowest BCUT2D eigenvalue weighted by atomic mass is 10.1. The summed E-state index contributed by atoms with van der Waals surface area (Å²) in [7, 11) is 0. The minimum Gasteiger partial charge on any atom is -0.348 e. The molecule has 1 rings (SSSR count). The Morgan fingerprint density at radius 1 is 1.53 bits per heavy atom. The Labute approximate surface area is 111 Å². The highest BCUT2D eigenvalue weighted by molar-refractivity contribution is 6.33. The van der Waals surface area contributed by atoms with Gasteiger partial charge in [0.1, 0.15) is 10.3 Å². The van der Waals surface area contributed by atoms with Crippen molar-refractivity contribution in [3.63, 3.8) is 0 Å². The summed E-state index contributed by atoms with van der Waals surface area (Å²) >= 11 is 11.4. The van der Waals surface area contributed by atoms with Crippen molar-refractivity contribution in [1.82, 2.24) is 10.3 Å². The molecule has 3 nitrogen and oxygen atoms in total. The van der Waals surface area contributed by atoms with Crippen LogP contribution in [-0.2, 0) is 0 Å². The second kappa shape index (κ2) is 6.48. The van der Waals surface area contributed by atoms with Crippen LogP contribution in [0.3, 0.4) is 0 Å². The number of terminal acetylenes is 1. The Bertz CT molecular complexity index is 434. The van der Waals surface area contributed by atoms with E-state index >= 15 is 0 Å². The van der Waals surface area contributed by atoms with Crippen LogP contribution >= 0.6 is 23.2 Å². The Hall–Kier alpha value is -1.24. The van der Waals surface area contributed by atoms with Gasteiger partial charge < -0.3 is 5.32 Å². The number of rotatable bonds is 4. The smallest absolute Gasteiger partial charge is 0.251 e. The Balaban J connectivity index is 2.79. The molecule has 1 heterocycles. The topological polar surface area (TPSA) is 42.0 Å². The molecule has 0 spiro atoms. The molecule has 0 saturated carbocycles. The van der Waals surface area contributed by atoms with E-state index in [1.54, 1.807) is 0 Å². The normalized spacial score (nSPS) is 11.6. The van der Waals surface area contributed by atoms with Crippen molar-refractivity contribution < 1.29 is 4.79 Å². The van der Waals surface area contributed by atoms with Crippen molar-refractivity contribution in [2.75, 3.05) is 0 Å². The molecule has 1 atom stereocenters. The fourth-order valence-corrected chi connectivity index (χ4v) is 1.76. The maximum absolute atomic E-state index is 11.9. The van der Waals surface area contributed by atoms with E-state index in [0.29, 0.717) is 12.0 Å². The highest BCUT2D eigenvalue weighted by Crippen LogP contribution is 2.14. The van der Waals surface area contributed by atoms with Gasteiger partial charge in [-0.05, 0) is 18.6 Å². The molecule has 0 bridgehead atoms. The van der Waals surface area contributed by atoms with E-state index in [1.165, 1.54) is 12.1 Å². The number of aromatic nitrogens is 1. The highest BCUT2D eigenvalue weighted by Gasteiger charge is 2.12. The molecule has 5 heteroatoms. The molecule has 1 unspecified atom stereocenters. The van der Waals surface area contributed by atoms with E-state index in [9.17, 15) is 4.79 Å². The second-order valence-electron chi connectivity index (χ2n) is 3.49. The lowest BCUT2D eigenvalue weighted by molar-refractivity contribution is 0.0936. The fourth-order valence-electron chi connectivity index (χ4n) is 1.30. The molecule has 0 fully saturated rings. The molecule has 1 aromatic rings. The molecule has 0 radical (unpaired) electrons. The fraction of sp³-hybridized carbons (Fsp3) is 0.333. The first-order valence-corrected chi connectivity index (χ1v) is 5.89. The van der Waals surface area contributed by atoms with Crippen LogP contribution in [0.15, 0.2) is 12.1 Å². The summed E-state index contributed by atoms with van der Waals surface area (Å²) in [6.07, 6.45) is 6.48. The van der Waals surface area contributed by atoms with Crippen LogP contribution in [0, 0.1) is 12.3 Å². The second-order valence-corrected chi connectivity index (χ2v) is 4.26. The standard InChI is InChI=1S/C12H12Cl2N2O/c1-3-5-9(4-2)15-12(17)8-6-10(13)16-11(14)7-8/h1,6-7,9H,4-5H2,2H3,(H,15,17). The Morgan fingerprint density at radius 3 is 2.59 bits per heavy atom. The zero-order chi connectivity index (χ0) is 12.8. The van der Waals surface area contributed by atoms with Gasteiger partial charge in [-0.1, -0.05) is 30.1 Å². The summed E-state index contributed by atoms with van der Waals surface area (Å²) in [5.74, 6) is 2.27. The first kappa shape index (κ1) is 13.8. The molecular formula is C12H12Cl2N2O. The first-order valence-electron chi connectivity index (χ1n) is 5.14. The molecule has 0 aliphatic carbocycles. The van der Waals surface area contributed by atoms with Gasteiger partial charge in [-0.2, -0.15) is 0 Å². The number of halogens is 2. The van der Waals surface area contributed by atoms with E-state index in [-0.39, 0.29) is 22.3 Å². The molecule has 0 saturated heterocycles. The van der Waals surface area contributed by atoms with Crippen LogP contribution in [0.2, 0.25) is 10.3 Å². The Kier molecular flexibility index (Phi) is 5.27. The van der Waals surface area contributed by atoms with Crippen LogP contribution < -0.4 is 5.32 Å². The van der Waals surface area contributed by atoms with Gasteiger partial charge in [0.05, 0.1) is 0 Å². The minimum atomic E-state index is -0.252. The molecule has 0 aromatic carbocycles. The summed E-state index contributed by atoms with van der Waals surface area (Å²) in [4.78, 5) is 15.6. The molecule has 1 N–H and O–H groups in total. The third kappa shape index (κ3) is 4.26. The average molecular weight is 271 g/mol. The predicted octanol–water partition coefficient (Wildman–Crippen LogP) is 2.92. The third-order valence-corrected chi connectivity index (χ3v) is 2.60. The number of amides is 1. The van der Waals surface area contributed by atoms with Crippen LogP contribution in [0.5, 0.6) is 0 Å². The van der Waals surface area contributed by atoms with Gasteiger partial charge in [0.2, 0.25) is 0 Å². The summed E-state index contributed by atoms with van der Waals surface area (Å²) in [6.45, 7) is 1.95. The Morgan fingerprint density at radius 2 is 2.12 bits per heavy atom. The van der Waals surface area contributed by atoms with E-state index in [0.717, 1.165) is 6.42 Å². The van der Waals surface area contributed by atoms with Gasteiger partial charge in [-0.25, -0.2) is 4.98 Å². The maximum Gasteiger partial charge on any atom is 0.251 e. The van der Waals surface area contributed by atoms with Crippen LogP contribution in [0.4, 0.5) is 0 Å². The zero-order valence-corrected chi connectivity index (χ0v) is 10.8.